The summed E-state index contributed by atoms with van der Waals surface area (Å²) in [6.45, 7) is -0.395. The van der Waals surface area contributed by atoms with Gasteiger partial charge in [0.2, 0.25) is 15.9 Å². The summed E-state index contributed by atoms with van der Waals surface area (Å²) in [7, 11) is -0.821. The van der Waals surface area contributed by atoms with Gasteiger partial charge >= 0.3 is 0 Å². The minimum Gasteiger partial charge on any atom is -0.325 e. The molecule has 1 amide bonds. The number of hydrogen-bond acceptors (Lipinski definition) is 5. The number of anilines is 1. The van der Waals surface area contributed by atoms with Crippen LogP contribution in [0.4, 0.5) is 10.1 Å². The second-order valence-electron chi connectivity index (χ2n) is 6.11. The van der Waals surface area contributed by atoms with Crippen LogP contribution in [-0.4, -0.2) is 47.0 Å². The van der Waals surface area contributed by atoms with Gasteiger partial charge in [-0.2, -0.15) is 4.31 Å². The first-order valence-electron chi connectivity index (χ1n) is 8.23. The first kappa shape index (κ1) is 19.6. The molecule has 0 unspecified atom stereocenters. The predicted molar refractivity (Wildman–Crippen MR) is 101 cm³/mol. The van der Waals surface area contributed by atoms with Crippen LogP contribution in [0.1, 0.15) is 0 Å². The van der Waals surface area contributed by atoms with Crippen LogP contribution in [0, 0.1) is 5.82 Å². The van der Waals surface area contributed by atoms with Gasteiger partial charge in [-0.25, -0.2) is 12.8 Å². The van der Waals surface area contributed by atoms with Gasteiger partial charge in [0, 0.05) is 25.3 Å². The fraction of sp³-hybridized carbons (Fsp3) is 0.167. The van der Waals surface area contributed by atoms with Gasteiger partial charge in [-0.1, -0.05) is 12.1 Å². The van der Waals surface area contributed by atoms with E-state index in [1.807, 2.05) is 6.07 Å². The zero-order chi connectivity index (χ0) is 20.3. The van der Waals surface area contributed by atoms with Gasteiger partial charge in [0.1, 0.15) is 12.1 Å². The van der Waals surface area contributed by atoms with Crippen LogP contribution in [0.5, 0.6) is 0 Å². The third-order valence-electron chi connectivity index (χ3n) is 4.00. The van der Waals surface area contributed by atoms with Gasteiger partial charge in [0.05, 0.1) is 11.4 Å². The van der Waals surface area contributed by atoms with E-state index < -0.39 is 28.3 Å². The Morgan fingerprint density at radius 2 is 1.93 bits per heavy atom. The lowest BCUT2D eigenvalue weighted by molar-refractivity contribution is -0.116. The molecule has 28 heavy (non-hydrogen) atoms. The van der Waals surface area contributed by atoms with Gasteiger partial charge in [0.25, 0.3) is 0 Å². The predicted octanol–water partition coefficient (Wildman–Crippen LogP) is 1.88. The Kier molecular flexibility index (Phi) is 5.52. The monoisotopic (exact) mass is 403 g/mol. The van der Waals surface area contributed by atoms with Gasteiger partial charge in [0.15, 0.2) is 5.82 Å². The van der Waals surface area contributed by atoms with Gasteiger partial charge < -0.3 is 9.88 Å². The number of nitrogens with zero attached hydrogens (tertiary/aromatic N) is 4. The zero-order valence-corrected chi connectivity index (χ0v) is 16.0. The van der Waals surface area contributed by atoms with Gasteiger partial charge in [-0.3, -0.25) is 4.79 Å². The molecule has 10 heteroatoms. The van der Waals surface area contributed by atoms with Gasteiger partial charge in [-0.05, 0) is 36.4 Å². The molecule has 1 N–H and O–H groups in total. The van der Waals surface area contributed by atoms with Crippen LogP contribution in [0.2, 0.25) is 0 Å². The van der Waals surface area contributed by atoms with Crippen molar-refractivity contribution in [2.45, 2.75) is 4.90 Å². The smallest absolute Gasteiger partial charge is 0.243 e. The lowest BCUT2D eigenvalue weighted by Crippen LogP contribution is -2.34. The number of likely N-dealkylation sites (N-methyl/N-ethyl adjacent to an activating group) is 1. The van der Waals surface area contributed by atoms with Crippen molar-refractivity contribution in [1.29, 1.82) is 0 Å². The minimum absolute atomic E-state index is 0.0894. The molecule has 8 nitrogen and oxygen atoms in total. The Bertz CT molecular complexity index is 1100. The molecular formula is C18H18FN5O3S. The van der Waals surface area contributed by atoms with Crippen molar-refractivity contribution in [3.63, 3.8) is 0 Å². The Labute approximate surface area is 161 Å². The van der Waals surface area contributed by atoms with E-state index >= 15 is 0 Å². The summed E-state index contributed by atoms with van der Waals surface area (Å²) >= 11 is 0. The largest absolute Gasteiger partial charge is 0.325 e. The van der Waals surface area contributed by atoms with E-state index in [0.29, 0.717) is 11.5 Å². The molecular weight excluding hydrogens is 385 g/mol. The molecule has 1 aromatic heterocycles. The van der Waals surface area contributed by atoms with Crippen LogP contribution in [-0.2, 0) is 21.9 Å². The summed E-state index contributed by atoms with van der Waals surface area (Å²) in [6, 6.07) is 11.4. The highest BCUT2D eigenvalue weighted by Crippen LogP contribution is 2.20. The van der Waals surface area contributed by atoms with E-state index in [9.17, 15) is 17.6 Å². The van der Waals surface area contributed by atoms with E-state index in [4.69, 9.17) is 0 Å². The Morgan fingerprint density at radius 3 is 2.57 bits per heavy atom. The van der Waals surface area contributed by atoms with Crippen molar-refractivity contribution in [2.24, 2.45) is 7.05 Å². The summed E-state index contributed by atoms with van der Waals surface area (Å²) in [4.78, 5) is 12.2. The van der Waals surface area contributed by atoms with E-state index in [0.717, 1.165) is 34.1 Å². The number of benzene rings is 2. The molecule has 0 fully saturated rings. The maximum absolute atomic E-state index is 13.0. The van der Waals surface area contributed by atoms with Crippen LogP contribution in [0.25, 0.3) is 11.4 Å². The number of halogens is 1. The van der Waals surface area contributed by atoms with Crippen molar-refractivity contribution in [1.82, 2.24) is 19.1 Å². The minimum atomic E-state index is -3.91. The van der Waals surface area contributed by atoms with E-state index in [2.05, 4.69) is 15.5 Å². The lowest BCUT2D eigenvalue weighted by Gasteiger charge is -2.17. The number of carbonyl (C=O) groups is 1. The SMILES string of the molecule is CN(CC(=O)Nc1cccc(-c2nncn2C)c1)S(=O)(=O)c1ccc(F)cc1. The molecule has 0 saturated carbocycles. The highest BCUT2D eigenvalue weighted by Gasteiger charge is 2.23. The maximum atomic E-state index is 13.0. The van der Waals surface area contributed by atoms with Crippen molar-refractivity contribution >= 4 is 21.6 Å². The maximum Gasteiger partial charge on any atom is 0.243 e. The topological polar surface area (TPSA) is 97.2 Å². The molecule has 0 saturated heterocycles. The number of rotatable bonds is 6. The number of aryl methyl sites for hydroxylation is 1. The summed E-state index contributed by atoms with van der Waals surface area (Å²) in [5, 5.41) is 10.5. The molecule has 0 aliphatic rings. The first-order chi connectivity index (χ1) is 13.3. The summed E-state index contributed by atoms with van der Waals surface area (Å²) in [5.74, 6) is -0.419. The van der Waals surface area contributed by atoms with E-state index in [-0.39, 0.29) is 4.90 Å². The summed E-state index contributed by atoms with van der Waals surface area (Å²) < 4.78 is 40.6. The first-order valence-corrected chi connectivity index (χ1v) is 9.67. The molecule has 2 aromatic carbocycles. The Hall–Kier alpha value is -3.11. The molecule has 0 radical (unpaired) electrons. The summed E-state index contributed by atoms with van der Waals surface area (Å²) in [6.07, 6.45) is 1.57. The van der Waals surface area contributed by atoms with Gasteiger partial charge in [-0.15, -0.1) is 10.2 Å². The van der Waals surface area contributed by atoms with Crippen LogP contribution >= 0.6 is 0 Å². The fourth-order valence-corrected chi connectivity index (χ4v) is 3.68. The lowest BCUT2D eigenvalue weighted by atomic mass is 10.2. The number of aromatic nitrogens is 3. The fourth-order valence-electron chi connectivity index (χ4n) is 2.55. The third-order valence-corrected chi connectivity index (χ3v) is 5.82. The normalized spacial score (nSPS) is 11.6. The van der Waals surface area contributed by atoms with Crippen LogP contribution in [0.3, 0.4) is 0 Å². The molecule has 0 bridgehead atoms. The van der Waals surface area contributed by atoms with Crippen LogP contribution < -0.4 is 5.32 Å². The van der Waals surface area contributed by atoms with E-state index in [1.165, 1.54) is 7.05 Å². The summed E-state index contributed by atoms with van der Waals surface area (Å²) in [5.41, 5.74) is 1.25. The molecule has 0 aliphatic heterocycles. The standard InChI is InChI=1S/C18H18FN5O3S/c1-23-12-20-22-18(23)13-4-3-5-15(10-13)21-17(25)11-24(2)28(26,27)16-8-6-14(19)7-9-16/h3-10,12H,11H2,1-2H3,(H,21,25). The Balaban J connectivity index is 1.70. The van der Waals surface area contributed by atoms with Crippen LogP contribution in [0.15, 0.2) is 59.8 Å². The third kappa shape index (κ3) is 4.24. The Morgan fingerprint density at radius 1 is 1.21 bits per heavy atom. The second kappa shape index (κ2) is 7.87. The molecule has 146 valence electrons. The number of hydrogen-bond donors (Lipinski definition) is 1. The van der Waals surface area contributed by atoms with Crippen molar-refractivity contribution in [3.05, 3.63) is 60.7 Å². The quantitative estimate of drug-likeness (QED) is 0.678. The molecule has 0 atom stereocenters. The number of nitrogens with one attached hydrogen (secondary N) is 1. The molecule has 0 aliphatic carbocycles. The molecule has 3 aromatic rings. The number of carbonyl (C=O) groups excluding carboxylic acids is 1. The second-order valence-corrected chi connectivity index (χ2v) is 8.15. The average Bonchev–Trinajstić information content (AvgIpc) is 3.08. The molecule has 1 heterocycles. The van der Waals surface area contributed by atoms with Crippen molar-refractivity contribution < 1.29 is 17.6 Å². The highest BCUT2D eigenvalue weighted by atomic mass is 32.2. The van der Waals surface area contributed by atoms with Crippen molar-refractivity contribution in [3.8, 4) is 11.4 Å². The number of amides is 1. The zero-order valence-electron chi connectivity index (χ0n) is 15.2. The number of sulfonamides is 1. The highest BCUT2D eigenvalue weighted by molar-refractivity contribution is 7.89. The average molecular weight is 403 g/mol. The molecule has 3 rings (SSSR count). The van der Waals surface area contributed by atoms with E-state index in [1.54, 1.807) is 36.1 Å². The molecule has 0 spiro atoms. The van der Waals surface area contributed by atoms with Crippen molar-refractivity contribution in [2.75, 3.05) is 18.9 Å².